The smallest absolute Gasteiger partial charge is 0.328 e. The summed E-state index contributed by atoms with van der Waals surface area (Å²) in [5, 5.41) is 2.76. The van der Waals surface area contributed by atoms with E-state index in [0.717, 1.165) is 18.4 Å². The predicted molar refractivity (Wildman–Crippen MR) is 85.7 cm³/mol. The third-order valence-electron chi connectivity index (χ3n) is 4.25. The van der Waals surface area contributed by atoms with E-state index in [0.29, 0.717) is 25.7 Å². The van der Waals surface area contributed by atoms with Gasteiger partial charge in [-0.15, -0.1) is 0 Å². The number of ether oxygens (including phenoxy) is 1. The van der Waals surface area contributed by atoms with Crippen LogP contribution in [0.25, 0.3) is 0 Å². The van der Waals surface area contributed by atoms with Gasteiger partial charge in [0.2, 0.25) is 5.91 Å². The van der Waals surface area contributed by atoms with Crippen molar-refractivity contribution in [3.63, 3.8) is 0 Å². The molecule has 1 fully saturated rings. The molecule has 0 aromatic heterocycles. The van der Waals surface area contributed by atoms with E-state index in [1.807, 2.05) is 30.3 Å². The Bertz CT molecular complexity index is 555. The zero-order chi connectivity index (χ0) is 16.7. The Morgan fingerprint density at radius 1 is 1.30 bits per heavy atom. The first-order chi connectivity index (χ1) is 11.1. The van der Waals surface area contributed by atoms with E-state index in [2.05, 4.69) is 5.32 Å². The molecule has 0 unspecified atom stereocenters. The lowest BCUT2D eigenvalue weighted by Gasteiger charge is -2.28. The van der Waals surface area contributed by atoms with Crippen molar-refractivity contribution >= 4 is 17.7 Å². The number of hydrogen-bond donors (Lipinski definition) is 1. The number of Topliss-reactive ketones (excluding diaryl/α,β-unsaturated/α-hetero) is 1. The molecule has 1 aromatic carbocycles. The van der Waals surface area contributed by atoms with Crippen LogP contribution in [0, 0.1) is 5.92 Å². The first-order valence-electron chi connectivity index (χ1n) is 8.03. The van der Waals surface area contributed by atoms with Gasteiger partial charge >= 0.3 is 5.97 Å². The van der Waals surface area contributed by atoms with Crippen LogP contribution in [-0.4, -0.2) is 30.8 Å². The molecule has 0 aliphatic heterocycles. The van der Waals surface area contributed by atoms with Gasteiger partial charge in [0, 0.05) is 19.3 Å². The molecular weight excluding hydrogens is 294 g/mol. The van der Waals surface area contributed by atoms with Gasteiger partial charge in [-0.3, -0.25) is 9.59 Å². The van der Waals surface area contributed by atoms with Crippen LogP contribution in [0.4, 0.5) is 0 Å². The molecular formula is C18H23NO4. The van der Waals surface area contributed by atoms with E-state index in [9.17, 15) is 14.4 Å². The Balaban J connectivity index is 1.92. The fraction of sp³-hybridized carbons (Fsp3) is 0.500. The van der Waals surface area contributed by atoms with Crippen molar-refractivity contribution in [3.8, 4) is 0 Å². The first-order valence-corrected chi connectivity index (χ1v) is 8.03. The van der Waals surface area contributed by atoms with E-state index >= 15 is 0 Å². The van der Waals surface area contributed by atoms with Crippen LogP contribution in [0.1, 0.15) is 37.7 Å². The lowest BCUT2D eigenvalue weighted by Crippen LogP contribution is -2.48. The highest BCUT2D eigenvalue weighted by Crippen LogP contribution is 2.25. The molecule has 0 heterocycles. The summed E-state index contributed by atoms with van der Waals surface area (Å²) in [6.45, 7) is 0. The van der Waals surface area contributed by atoms with Crippen molar-refractivity contribution in [1.29, 1.82) is 0 Å². The monoisotopic (exact) mass is 317 g/mol. The number of esters is 1. The summed E-state index contributed by atoms with van der Waals surface area (Å²) in [6, 6.07) is 8.98. The van der Waals surface area contributed by atoms with Crippen LogP contribution in [0.2, 0.25) is 0 Å². The summed E-state index contributed by atoms with van der Waals surface area (Å²) in [7, 11) is 1.30. The van der Waals surface area contributed by atoms with Crippen LogP contribution < -0.4 is 5.32 Å². The summed E-state index contributed by atoms with van der Waals surface area (Å²) in [5.41, 5.74) is 1.07. The quantitative estimate of drug-likeness (QED) is 0.815. The van der Waals surface area contributed by atoms with Crippen molar-refractivity contribution in [2.75, 3.05) is 7.11 Å². The zero-order valence-electron chi connectivity index (χ0n) is 13.4. The first kappa shape index (κ1) is 17.2. The number of amides is 1. The maximum atomic E-state index is 12.2. The largest absolute Gasteiger partial charge is 0.467 e. The molecule has 0 spiro atoms. The van der Waals surface area contributed by atoms with Gasteiger partial charge in [0.15, 0.2) is 0 Å². The normalized spacial score (nSPS) is 19.0. The highest BCUT2D eigenvalue weighted by atomic mass is 16.5. The second-order valence-electron chi connectivity index (χ2n) is 5.95. The molecule has 0 bridgehead atoms. The molecule has 5 heteroatoms. The zero-order valence-corrected chi connectivity index (χ0v) is 13.4. The molecule has 1 saturated carbocycles. The molecule has 5 nitrogen and oxygen atoms in total. The fourth-order valence-corrected chi connectivity index (χ4v) is 2.99. The van der Waals surface area contributed by atoms with Crippen molar-refractivity contribution in [2.45, 2.75) is 44.6 Å². The van der Waals surface area contributed by atoms with Gasteiger partial charge in [-0.1, -0.05) is 30.3 Å². The maximum Gasteiger partial charge on any atom is 0.328 e. The molecule has 1 amide bonds. The minimum atomic E-state index is -0.729. The van der Waals surface area contributed by atoms with Crippen LogP contribution in [-0.2, 0) is 25.5 Å². The van der Waals surface area contributed by atoms with Crippen LogP contribution in [0.3, 0.4) is 0 Å². The maximum absolute atomic E-state index is 12.2. The van der Waals surface area contributed by atoms with E-state index < -0.39 is 12.0 Å². The molecule has 2 atom stereocenters. The van der Waals surface area contributed by atoms with E-state index in [1.54, 1.807) is 0 Å². The molecule has 0 saturated heterocycles. The average Bonchev–Trinajstić information content (AvgIpc) is 2.58. The van der Waals surface area contributed by atoms with Crippen LogP contribution >= 0.6 is 0 Å². The highest BCUT2D eigenvalue weighted by Gasteiger charge is 2.33. The number of carbonyl (C=O) groups excluding carboxylic acids is 3. The van der Waals surface area contributed by atoms with Crippen LogP contribution in [0.15, 0.2) is 30.3 Å². The summed E-state index contributed by atoms with van der Waals surface area (Å²) >= 11 is 0. The SMILES string of the molecule is COC(=O)[C@@H](NC(=O)CCc1ccccc1)[C@@H]1CCCC(=O)C1. The fourth-order valence-electron chi connectivity index (χ4n) is 2.99. The third-order valence-corrected chi connectivity index (χ3v) is 4.25. The van der Waals surface area contributed by atoms with Gasteiger partial charge in [-0.05, 0) is 30.7 Å². The topological polar surface area (TPSA) is 72.5 Å². The van der Waals surface area contributed by atoms with E-state index in [1.165, 1.54) is 7.11 Å². The lowest BCUT2D eigenvalue weighted by atomic mass is 9.83. The minimum absolute atomic E-state index is 0.147. The lowest BCUT2D eigenvalue weighted by molar-refractivity contribution is -0.147. The number of nitrogens with one attached hydrogen (secondary N) is 1. The van der Waals surface area contributed by atoms with Crippen molar-refractivity contribution in [1.82, 2.24) is 5.32 Å². The number of carbonyl (C=O) groups is 3. The Morgan fingerprint density at radius 3 is 2.70 bits per heavy atom. The summed E-state index contributed by atoms with van der Waals surface area (Å²) < 4.78 is 4.80. The molecule has 23 heavy (non-hydrogen) atoms. The Labute approximate surface area is 136 Å². The van der Waals surface area contributed by atoms with E-state index in [4.69, 9.17) is 4.74 Å². The van der Waals surface area contributed by atoms with Crippen molar-refractivity contribution in [2.24, 2.45) is 5.92 Å². The van der Waals surface area contributed by atoms with Gasteiger partial charge in [0.1, 0.15) is 11.8 Å². The summed E-state index contributed by atoms with van der Waals surface area (Å²) in [4.78, 5) is 35.8. The molecule has 2 rings (SSSR count). The summed E-state index contributed by atoms with van der Waals surface area (Å²) in [6.07, 6.45) is 3.33. The van der Waals surface area contributed by atoms with Crippen molar-refractivity contribution in [3.05, 3.63) is 35.9 Å². The number of benzene rings is 1. The number of ketones is 1. The Hall–Kier alpha value is -2.17. The van der Waals surface area contributed by atoms with Gasteiger partial charge < -0.3 is 10.1 Å². The van der Waals surface area contributed by atoms with Gasteiger partial charge in [0.25, 0.3) is 0 Å². The highest BCUT2D eigenvalue weighted by molar-refractivity contribution is 5.86. The standard InChI is InChI=1S/C18H23NO4/c1-23-18(22)17(14-8-5-9-15(20)12-14)19-16(21)11-10-13-6-3-2-4-7-13/h2-4,6-7,14,17H,5,8-12H2,1H3,(H,19,21)/t14-,17+/m1/s1. The second kappa shape index (κ2) is 8.46. The Kier molecular flexibility index (Phi) is 6.32. The van der Waals surface area contributed by atoms with Crippen LogP contribution in [0.5, 0.6) is 0 Å². The molecule has 1 N–H and O–H groups in total. The average molecular weight is 317 g/mol. The molecule has 1 aliphatic rings. The number of hydrogen-bond acceptors (Lipinski definition) is 4. The van der Waals surface area contributed by atoms with Gasteiger partial charge in [0.05, 0.1) is 7.11 Å². The summed E-state index contributed by atoms with van der Waals surface area (Å²) in [5.74, 6) is -0.682. The Morgan fingerprint density at radius 2 is 2.04 bits per heavy atom. The van der Waals surface area contributed by atoms with E-state index in [-0.39, 0.29) is 17.6 Å². The third kappa shape index (κ3) is 5.20. The predicted octanol–water partition coefficient (Wildman–Crippen LogP) is 2.04. The molecule has 0 radical (unpaired) electrons. The molecule has 1 aliphatic carbocycles. The van der Waals surface area contributed by atoms with Gasteiger partial charge in [-0.2, -0.15) is 0 Å². The molecule has 1 aromatic rings. The second-order valence-corrected chi connectivity index (χ2v) is 5.95. The van der Waals surface area contributed by atoms with Gasteiger partial charge in [-0.25, -0.2) is 4.79 Å². The number of rotatable bonds is 6. The number of methoxy groups -OCH3 is 1. The number of aryl methyl sites for hydroxylation is 1. The van der Waals surface area contributed by atoms with Crippen molar-refractivity contribution < 1.29 is 19.1 Å². The molecule has 124 valence electrons. The minimum Gasteiger partial charge on any atom is -0.467 e.